The number of fused-ring (bicyclic) bond motifs is 1. The van der Waals surface area contributed by atoms with Crippen molar-refractivity contribution in [3.05, 3.63) is 35.9 Å². The summed E-state index contributed by atoms with van der Waals surface area (Å²) in [5, 5.41) is 1.88. The fourth-order valence-corrected chi connectivity index (χ4v) is 1.94. The van der Waals surface area contributed by atoms with Gasteiger partial charge in [0.05, 0.1) is 0 Å². The van der Waals surface area contributed by atoms with E-state index < -0.39 is 0 Å². The number of ether oxygens (including phenoxy) is 2. The minimum Gasteiger partial charge on any atom is -0.427 e. The van der Waals surface area contributed by atoms with E-state index in [1.165, 1.54) is 13.8 Å². The van der Waals surface area contributed by atoms with Gasteiger partial charge in [-0.15, -0.1) is 0 Å². The molecular formula is C15H14O4. The summed E-state index contributed by atoms with van der Waals surface area (Å²) < 4.78 is 10.2. The third kappa shape index (κ3) is 2.91. The average molecular weight is 258 g/mol. The highest BCUT2D eigenvalue weighted by Crippen LogP contribution is 2.30. The van der Waals surface area contributed by atoms with Crippen molar-refractivity contribution in [2.45, 2.75) is 20.8 Å². The third-order valence-corrected chi connectivity index (χ3v) is 2.73. The smallest absolute Gasteiger partial charge is 0.308 e. The van der Waals surface area contributed by atoms with E-state index in [0.29, 0.717) is 11.5 Å². The number of aryl methyl sites for hydroxylation is 1. The second-order valence-corrected chi connectivity index (χ2v) is 4.26. The van der Waals surface area contributed by atoms with Crippen LogP contribution >= 0.6 is 0 Å². The quantitative estimate of drug-likeness (QED) is 0.613. The van der Waals surface area contributed by atoms with E-state index in [1.54, 1.807) is 18.2 Å². The lowest BCUT2D eigenvalue weighted by atomic mass is 10.0. The molecule has 0 spiro atoms. The molecule has 0 fully saturated rings. The van der Waals surface area contributed by atoms with Gasteiger partial charge >= 0.3 is 11.9 Å². The van der Waals surface area contributed by atoms with Crippen LogP contribution in [0.1, 0.15) is 19.4 Å². The zero-order valence-electron chi connectivity index (χ0n) is 11.0. The minimum atomic E-state index is -0.354. The highest BCUT2D eigenvalue weighted by Gasteiger charge is 2.08. The molecule has 2 aromatic carbocycles. The summed E-state index contributed by atoms with van der Waals surface area (Å²) in [6.45, 7) is 4.61. The van der Waals surface area contributed by atoms with Gasteiger partial charge in [-0.25, -0.2) is 0 Å². The zero-order valence-corrected chi connectivity index (χ0v) is 11.0. The molecule has 2 aromatic rings. The summed E-state index contributed by atoms with van der Waals surface area (Å²) in [6.07, 6.45) is 0. The van der Waals surface area contributed by atoms with Gasteiger partial charge < -0.3 is 9.47 Å². The maximum atomic E-state index is 11.0. The molecule has 2 rings (SSSR count). The van der Waals surface area contributed by atoms with Crippen molar-refractivity contribution in [2.75, 3.05) is 0 Å². The lowest BCUT2D eigenvalue weighted by Crippen LogP contribution is -2.03. The van der Waals surface area contributed by atoms with E-state index in [0.717, 1.165) is 16.3 Å². The molecule has 0 unspecified atom stereocenters. The Morgan fingerprint density at radius 1 is 0.947 bits per heavy atom. The molecule has 0 aliphatic carbocycles. The number of hydrogen-bond donors (Lipinski definition) is 0. The SMILES string of the molecule is CC(=O)Oc1ccc2c(C)c(OC(C)=O)ccc2c1. The first kappa shape index (κ1) is 13.1. The van der Waals surface area contributed by atoms with E-state index in [9.17, 15) is 9.59 Å². The second kappa shape index (κ2) is 5.10. The summed E-state index contributed by atoms with van der Waals surface area (Å²) in [5.41, 5.74) is 0.877. The third-order valence-electron chi connectivity index (χ3n) is 2.73. The molecule has 0 aliphatic heterocycles. The second-order valence-electron chi connectivity index (χ2n) is 4.26. The highest BCUT2D eigenvalue weighted by molar-refractivity contribution is 5.90. The molecule has 0 bridgehead atoms. The Bertz CT molecular complexity index is 658. The van der Waals surface area contributed by atoms with Crippen LogP contribution in [0.15, 0.2) is 30.3 Å². The van der Waals surface area contributed by atoms with Crippen molar-refractivity contribution in [3.8, 4) is 11.5 Å². The number of benzene rings is 2. The molecule has 0 atom stereocenters. The number of carbonyl (C=O) groups excluding carboxylic acids is 2. The Kier molecular flexibility index (Phi) is 3.51. The molecule has 0 saturated heterocycles. The molecule has 0 heterocycles. The topological polar surface area (TPSA) is 52.6 Å². The summed E-state index contributed by atoms with van der Waals surface area (Å²) in [5.74, 6) is 0.339. The molecule has 0 saturated carbocycles. The van der Waals surface area contributed by atoms with Gasteiger partial charge in [0.1, 0.15) is 11.5 Å². The Balaban J connectivity index is 2.47. The summed E-state index contributed by atoms with van der Waals surface area (Å²) in [4.78, 5) is 21.9. The van der Waals surface area contributed by atoms with Crippen molar-refractivity contribution in [1.82, 2.24) is 0 Å². The van der Waals surface area contributed by atoms with Gasteiger partial charge in [0, 0.05) is 13.8 Å². The molecule has 19 heavy (non-hydrogen) atoms. The van der Waals surface area contributed by atoms with Crippen LogP contribution in [0, 0.1) is 6.92 Å². The molecule has 0 radical (unpaired) electrons. The maximum Gasteiger partial charge on any atom is 0.308 e. The molecular weight excluding hydrogens is 244 g/mol. The fourth-order valence-electron chi connectivity index (χ4n) is 1.94. The lowest BCUT2D eigenvalue weighted by molar-refractivity contribution is -0.132. The van der Waals surface area contributed by atoms with Crippen molar-refractivity contribution in [2.24, 2.45) is 0 Å². The van der Waals surface area contributed by atoms with E-state index in [4.69, 9.17) is 9.47 Å². The Morgan fingerprint density at radius 3 is 2.26 bits per heavy atom. The largest absolute Gasteiger partial charge is 0.427 e. The Labute approximate surface area is 110 Å². The van der Waals surface area contributed by atoms with E-state index in [-0.39, 0.29) is 11.9 Å². The van der Waals surface area contributed by atoms with E-state index >= 15 is 0 Å². The normalized spacial score (nSPS) is 10.3. The van der Waals surface area contributed by atoms with Crippen LogP contribution in [0.2, 0.25) is 0 Å². The summed E-state index contributed by atoms with van der Waals surface area (Å²) in [7, 11) is 0. The lowest BCUT2D eigenvalue weighted by Gasteiger charge is -2.10. The van der Waals surface area contributed by atoms with Gasteiger partial charge in [-0.2, -0.15) is 0 Å². The van der Waals surface area contributed by atoms with Crippen molar-refractivity contribution >= 4 is 22.7 Å². The Morgan fingerprint density at radius 2 is 1.63 bits per heavy atom. The number of carbonyl (C=O) groups is 2. The van der Waals surface area contributed by atoms with Crippen molar-refractivity contribution < 1.29 is 19.1 Å². The van der Waals surface area contributed by atoms with Gasteiger partial charge in [-0.05, 0) is 41.5 Å². The summed E-state index contributed by atoms with van der Waals surface area (Å²) in [6, 6.07) is 8.90. The fraction of sp³-hybridized carbons (Fsp3) is 0.200. The van der Waals surface area contributed by atoms with Gasteiger partial charge in [0.25, 0.3) is 0 Å². The van der Waals surface area contributed by atoms with Crippen LogP contribution in [0.4, 0.5) is 0 Å². The van der Waals surface area contributed by atoms with Crippen LogP contribution < -0.4 is 9.47 Å². The van der Waals surface area contributed by atoms with Gasteiger partial charge in [-0.3, -0.25) is 9.59 Å². The minimum absolute atomic E-state index is 0.348. The molecule has 0 N–H and O–H groups in total. The zero-order chi connectivity index (χ0) is 14.0. The first-order valence-corrected chi connectivity index (χ1v) is 5.87. The number of hydrogen-bond acceptors (Lipinski definition) is 4. The van der Waals surface area contributed by atoms with Crippen LogP contribution in [-0.2, 0) is 9.59 Å². The van der Waals surface area contributed by atoms with Gasteiger partial charge in [0.15, 0.2) is 0 Å². The molecule has 0 amide bonds. The van der Waals surface area contributed by atoms with Crippen LogP contribution in [-0.4, -0.2) is 11.9 Å². The maximum absolute atomic E-state index is 11.0. The highest BCUT2D eigenvalue weighted by atomic mass is 16.5. The molecule has 0 aromatic heterocycles. The first-order chi connectivity index (χ1) is 8.97. The Hall–Kier alpha value is -2.36. The van der Waals surface area contributed by atoms with Crippen LogP contribution in [0.5, 0.6) is 11.5 Å². The van der Waals surface area contributed by atoms with Gasteiger partial charge in [-0.1, -0.05) is 12.1 Å². The average Bonchev–Trinajstić information content (AvgIpc) is 2.31. The van der Waals surface area contributed by atoms with Crippen molar-refractivity contribution in [3.63, 3.8) is 0 Å². The van der Waals surface area contributed by atoms with Crippen LogP contribution in [0.3, 0.4) is 0 Å². The monoisotopic (exact) mass is 258 g/mol. The number of rotatable bonds is 2. The molecule has 98 valence electrons. The molecule has 4 nitrogen and oxygen atoms in total. The van der Waals surface area contributed by atoms with Crippen molar-refractivity contribution in [1.29, 1.82) is 0 Å². The standard InChI is InChI=1S/C15H14O4/c1-9-14-6-5-13(18-10(2)16)8-12(14)4-7-15(9)19-11(3)17/h4-8H,1-3H3. The molecule has 0 aliphatic rings. The predicted molar refractivity (Wildman–Crippen MR) is 71.3 cm³/mol. The summed E-state index contributed by atoms with van der Waals surface area (Å²) >= 11 is 0. The number of esters is 2. The predicted octanol–water partition coefficient (Wildman–Crippen LogP) is 3.00. The first-order valence-electron chi connectivity index (χ1n) is 5.87. The van der Waals surface area contributed by atoms with Crippen LogP contribution in [0.25, 0.3) is 10.8 Å². The van der Waals surface area contributed by atoms with E-state index in [2.05, 4.69) is 0 Å². The molecule has 4 heteroatoms. The van der Waals surface area contributed by atoms with E-state index in [1.807, 2.05) is 19.1 Å². The van der Waals surface area contributed by atoms with Gasteiger partial charge in [0.2, 0.25) is 0 Å².